The molecular weight excluding hydrogens is 350 g/mol. The number of halogens is 2. The van der Waals surface area contributed by atoms with Crippen LogP contribution in [0.2, 0.25) is 0 Å². The second-order valence-corrected chi connectivity index (χ2v) is 6.37. The summed E-state index contributed by atoms with van der Waals surface area (Å²) in [6.45, 7) is 0.500. The first-order valence-corrected chi connectivity index (χ1v) is 8.30. The molecule has 0 aliphatic carbocycles. The Hall–Kier alpha value is -3.53. The van der Waals surface area contributed by atoms with Crippen molar-refractivity contribution in [1.29, 1.82) is 5.26 Å². The van der Waals surface area contributed by atoms with Gasteiger partial charge < -0.3 is 9.47 Å². The molecule has 1 aromatic heterocycles. The normalized spacial score (nSPS) is 16.1. The molecule has 4 rings (SSSR count). The van der Waals surface area contributed by atoms with Crippen LogP contribution >= 0.6 is 0 Å². The molecule has 0 spiro atoms. The number of aromatic nitrogens is 2. The topological polar surface area (TPSA) is 61.9 Å². The zero-order valence-corrected chi connectivity index (χ0v) is 14.1. The van der Waals surface area contributed by atoms with E-state index in [0.717, 1.165) is 11.8 Å². The molecule has 2 heterocycles. The minimum absolute atomic E-state index is 0.169. The number of carbonyl (C=O) groups is 1. The molecule has 5 nitrogen and oxygen atoms in total. The van der Waals surface area contributed by atoms with Crippen LogP contribution in [-0.4, -0.2) is 20.4 Å². The summed E-state index contributed by atoms with van der Waals surface area (Å²) in [4.78, 5) is 18.8. The highest BCUT2D eigenvalue weighted by Gasteiger charge is 2.35. The molecule has 0 saturated carbocycles. The van der Waals surface area contributed by atoms with Crippen molar-refractivity contribution < 1.29 is 13.6 Å². The molecule has 3 aromatic rings. The molecule has 1 aliphatic rings. The number of hydrogen-bond donors (Lipinski definition) is 0. The molecule has 7 heteroatoms. The van der Waals surface area contributed by atoms with E-state index in [0.29, 0.717) is 12.1 Å². The number of imidazole rings is 1. The lowest BCUT2D eigenvalue weighted by molar-refractivity contribution is -0.136. The smallest absolute Gasteiger partial charge is 0.251 e. The lowest BCUT2D eigenvalue weighted by Gasteiger charge is -2.34. The number of carbonyl (C=O) groups excluding carboxylic acids is 1. The maximum absolute atomic E-state index is 14.6. The highest BCUT2D eigenvalue weighted by molar-refractivity contribution is 5.85. The van der Waals surface area contributed by atoms with Gasteiger partial charge in [-0.25, -0.2) is 13.8 Å². The molecule has 0 radical (unpaired) electrons. The van der Waals surface area contributed by atoms with Gasteiger partial charge in [0.15, 0.2) is 0 Å². The van der Waals surface area contributed by atoms with Crippen LogP contribution in [0.5, 0.6) is 0 Å². The fourth-order valence-corrected chi connectivity index (χ4v) is 3.34. The minimum Gasteiger partial charge on any atom is -0.330 e. The molecule has 0 N–H and O–H groups in total. The van der Waals surface area contributed by atoms with Crippen molar-refractivity contribution in [3.8, 4) is 6.07 Å². The highest BCUT2D eigenvalue weighted by Crippen LogP contribution is 2.31. The lowest BCUT2D eigenvalue weighted by atomic mass is 10.00. The molecule has 1 atom stereocenters. The molecule has 134 valence electrons. The lowest BCUT2D eigenvalue weighted by Crippen LogP contribution is -2.42. The number of benzene rings is 2. The van der Waals surface area contributed by atoms with Gasteiger partial charge >= 0.3 is 0 Å². The largest absolute Gasteiger partial charge is 0.330 e. The Morgan fingerprint density at radius 1 is 1.22 bits per heavy atom. The number of fused-ring (bicyclic) bond motifs is 1. The summed E-state index contributed by atoms with van der Waals surface area (Å²) in [7, 11) is 0. The summed E-state index contributed by atoms with van der Waals surface area (Å²) in [5, 5.41) is 8.93. The van der Waals surface area contributed by atoms with Gasteiger partial charge in [0, 0.05) is 18.3 Å². The number of amides is 1. The predicted octanol–water partition coefficient (Wildman–Crippen LogP) is 3.16. The maximum atomic E-state index is 14.6. The van der Waals surface area contributed by atoms with Crippen LogP contribution in [0.3, 0.4) is 0 Å². The molecule has 27 heavy (non-hydrogen) atoms. The average Bonchev–Trinajstić information content (AvgIpc) is 3.11. The monoisotopic (exact) mass is 364 g/mol. The molecule has 1 aliphatic heterocycles. The predicted molar refractivity (Wildman–Crippen MR) is 92.1 cm³/mol. The Labute approximate surface area is 154 Å². The SMILES string of the molecule is N#Cc1ccc(C2C(=O)N(Cc3cccc(F)c3)Cc3cncn32)c(F)c1. The Bertz CT molecular complexity index is 1070. The van der Waals surface area contributed by atoms with Crippen LogP contribution in [0.15, 0.2) is 55.0 Å². The highest BCUT2D eigenvalue weighted by atomic mass is 19.1. The van der Waals surface area contributed by atoms with Crippen LogP contribution in [-0.2, 0) is 17.9 Å². The summed E-state index contributed by atoms with van der Waals surface area (Å²) >= 11 is 0. The van der Waals surface area contributed by atoms with Crippen molar-refractivity contribution in [1.82, 2.24) is 14.5 Å². The molecule has 0 saturated heterocycles. The van der Waals surface area contributed by atoms with Crippen molar-refractivity contribution >= 4 is 5.91 Å². The van der Waals surface area contributed by atoms with E-state index in [9.17, 15) is 13.6 Å². The standard InChI is InChI=1S/C20H14F2N4O/c21-15-3-1-2-14(6-15)10-25-11-16-9-24-12-26(16)19(20(25)27)17-5-4-13(8-23)7-18(17)22/h1-7,9,12,19H,10-11H2. The summed E-state index contributed by atoms with van der Waals surface area (Å²) in [6.07, 6.45) is 3.12. The summed E-state index contributed by atoms with van der Waals surface area (Å²) in [6, 6.07) is 11.0. The number of nitrogens with zero attached hydrogens (tertiary/aromatic N) is 4. The second kappa shape index (κ2) is 6.65. The molecule has 0 fully saturated rings. The summed E-state index contributed by atoms with van der Waals surface area (Å²) in [5.74, 6) is -1.32. The van der Waals surface area contributed by atoms with Crippen molar-refractivity contribution in [2.75, 3.05) is 0 Å². The first-order valence-electron chi connectivity index (χ1n) is 8.30. The third-order valence-corrected chi connectivity index (χ3v) is 4.61. The van der Waals surface area contributed by atoms with E-state index in [1.807, 2.05) is 6.07 Å². The van der Waals surface area contributed by atoms with E-state index in [-0.39, 0.29) is 29.4 Å². The van der Waals surface area contributed by atoms with Gasteiger partial charge in [0.1, 0.15) is 17.7 Å². The average molecular weight is 364 g/mol. The second-order valence-electron chi connectivity index (χ2n) is 6.37. The van der Waals surface area contributed by atoms with Crippen LogP contribution in [0.1, 0.15) is 28.4 Å². The third kappa shape index (κ3) is 3.06. The molecule has 0 bridgehead atoms. The first kappa shape index (κ1) is 16.9. The van der Waals surface area contributed by atoms with Gasteiger partial charge in [0.25, 0.3) is 5.91 Å². The maximum Gasteiger partial charge on any atom is 0.251 e. The zero-order valence-electron chi connectivity index (χ0n) is 14.1. The van der Waals surface area contributed by atoms with Crippen LogP contribution < -0.4 is 0 Å². The first-order chi connectivity index (χ1) is 13.1. The van der Waals surface area contributed by atoms with Crippen molar-refractivity contribution in [2.24, 2.45) is 0 Å². The Morgan fingerprint density at radius 2 is 2.07 bits per heavy atom. The fraction of sp³-hybridized carbons (Fsp3) is 0.150. The van der Waals surface area contributed by atoms with Crippen molar-refractivity contribution in [3.63, 3.8) is 0 Å². The number of rotatable bonds is 3. The third-order valence-electron chi connectivity index (χ3n) is 4.61. The Kier molecular flexibility index (Phi) is 4.16. The van der Waals surface area contributed by atoms with E-state index in [1.165, 1.54) is 30.6 Å². The van der Waals surface area contributed by atoms with Gasteiger partial charge in [-0.15, -0.1) is 0 Å². The Balaban J connectivity index is 1.73. The van der Waals surface area contributed by atoms with E-state index in [4.69, 9.17) is 5.26 Å². The van der Waals surface area contributed by atoms with Gasteiger partial charge in [-0.3, -0.25) is 4.79 Å². The van der Waals surface area contributed by atoms with Gasteiger partial charge in [-0.1, -0.05) is 18.2 Å². The number of nitriles is 1. The molecule has 2 aromatic carbocycles. The van der Waals surface area contributed by atoms with Gasteiger partial charge in [0.2, 0.25) is 0 Å². The minimum atomic E-state index is -0.919. The van der Waals surface area contributed by atoms with Crippen LogP contribution in [0.4, 0.5) is 8.78 Å². The van der Waals surface area contributed by atoms with E-state index >= 15 is 0 Å². The zero-order chi connectivity index (χ0) is 19.0. The van der Waals surface area contributed by atoms with Crippen LogP contribution in [0.25, 0.3) is 0 Å². The van der Waals surface area contributed by atoms with Crippen LogP contribution in [0, 0.1) is 23.0 Å². The van der Waals surface area contributed by atoms with Gasteiger partial charge in [-0.2, -0.15) is 5.26 Å². The van der Waals surface area contributed by atoms with E-state index < -0.39 is 11.9 Å². The van der Waals surface area contributed by atoms with E-state index in [2.05, 4.69) is 4.98 Å². The molecule has 1 unspecified atom stereocenters. The van der Waals surface area contributed by atoms with Crippen molar-refractivity contribution in [3.05, 3.63) is 89.0 Å². The van der Waals surface area contributed by atoms with E-state index in [1.54, 1.807) is 27.8 Å². The van der Waals surface area contributed by atoms with Gasteiger partial charge in [-0.05, 0) is 29.8 Å². The quantitative estimate of drug-likeness (QED) is 0.717. The summed E-state index contributed by atoms with van der Waals surface area (Å²) < 4.78 is 29.7. The number of hydrogen-bond acceptors (Lipinski definition) is 3. The molecule has 1 amide bonds. The Morgan fingerprint density at radius 3 is 2.81 bits per heavy atom. The van der Waals surface area contributed by atoms with Crippen molar-refractivity contribution in [2.45, 2.75) is 19.1 Å². The summed E-state index contributed by atoms with van der Waals surface area (Å²) in [5.41, 5.74) is 1.75. The molecular formula is C20H14F2N4O. The fourth-order valence-electron chi connectivity index (χ4n) is 3.34. The van der Waals surface area contributed by atoms with Gasteiger partial charge in [0.05, 0.1) is 30.2 Å².